The van der Waals surface area contributed by atoms with Gasteiger partial charge in [0.25, 0.3) is 11.7 Å². The van der Waals surface area contributed by atoms with E-state index in [1.807, 2.05) is 35.2 Å². The molecule has 0 radical (unpaired) electrons. The third kappa shape index (κ3) is 4.61. The van der Waals surface area contributed by atoms with Crippen LogP contribution in [0.15, 0.2) is 73.8 Å². The van der Waals surface area contributed by atoms with Gasteiger partial charge in [0.05, 0.1) is 47.9 Å². The zero-order chi connectivity index (χ0) is 29.3. The number of carbonyl (C=O) groups excluding carboxylic acids is 2. The van der Waals surface area contributed by atoms with Crippen LogP contribution in [0.1, 0.15) is 10.4 Å². The van der Waals surface area contributed by atoms with E-state index < -0.39 is 11.7 Å². The zero-order valence-corrected chi connectivity index (χ0v) is 22.9. The summed E-state index contributed by atoms with van der Waals surface area (Å²) >= 11 is 0. The highest BCUT2D eigenvalue weighted by atomic mass is 16.5. The lowest BCUT2D eigenvalue weighted by molar-refractivity contribution is -0.126. The Kier molecular flexibility index (Phi) is 6.50. The van der Waals surface area contributed by atoms with Crippen LogP contribution in [0.25, 0.3) is 33.8 Å². The number of anilines is 1. The summed E-state index contributed by atoms with van der Waals surface area (Å²) in [7, 11) is 1.49. The molecule has 6 heterocycles. The molecular formula is C28H24N12O3. The van der Waals surface area contributed by atoms with Crippen molar-refractivity contribution in [1.29, 1.82) is 0 Å². The largest absolute Gasteiger partial charge is 0.494 e. The van der Waals surface area contributed by atoms with Gasteiger partial charge in [0.15, 0.2) is 5.82 Å². The molecule has 1 aromatic carbocycles. The highest BCUT2D eigenvalue weighted by Crippen LogP contribution is 2.34. The molecule has 0 aliphatic carbocycles. The number of ketones is 1. The van der Waals surface area contributed by atoms with Gasteiger partial charge >= 0.3 is 0 Å². The Bertz CT molecular complexity index is 1910. The summed E-state index contributed by atoms with van der Waals surface area (Å²) in [6, 6.07) is 9.57. The van der Waals surface area contributed by atoms with E-state index in [0.29, 0.717) is 66.0 Å². The van der Waals surface area contributed by atoms with E-state index in [1.54, 1.807) is 45.3 Å². The Hall–Kier alpha value is -5.99. The molecule has 15 nitrogen and oxygen atoms in total. The molecular weight excluding hydrogens is 552 g/mol. The first-order valence-electron chi connectivity index (χ1n) is 13.4. The first kappa shape index (κ1) is 25.9. The molecule has 1 amide bonds. The van der Waals surface area contributed by atoms with E-state index in [2.05, 4.69) is 40.4 Å². The van der Waals surface area contributed by atoms with Crippen molar-refractivity contribution in [3.05, 3.63) is 79.4 Å². The number of hydrogen-bond acceptors (Lipinski definition) is 11. The van der Waals surface area contributed by atoms with Crippen LogP contribution >= 0.6 is 0 Å². The summed E-state index contributed by atoms with van der Waals surface area (Å²) in [5.41, 5.74) is 2.49. The zero-order valence-electron chi connectivity index (χ0n) is 22.9. The van der Waals surface area contributed by atoms with Crippen molar-refractivity contribution in [2.45, 2.75) is 0 Å². The van der Waals surface area contributed by atoms with Gasteiger partial charge in [0.1, 0.15) is 23.5 Å². The Morgan fingerprint density at radius 2 is 1.81 bits per heavy atom. The van der Waals surface area contributed by atoms with E-state index in [0.717, 1.165) is 5.69 Å². The van der Waals surface area contributed by atoms with Crippen molar-refractivity contribution in [3.8, 4) is 28.6 Å². The standard InChI is InChI=1S/C28H24N12O3/c1-43-21-15-33-24(20-14-31-22(16-30-20)39-8-7-29-17-39)25-23(21)19(13-32-25)26(41)27(42)37-9-11-38(12-10-37)28-34-35-36-40(28)18-5-3-2-4-6-18/h2-8,13-17,32H,9-12H2,1H3. The second-order valence-electron chi connectivity index (χ2n) is 9.69. The molecule has 7 rings (SSSR count). The summed E-state index contributed by atoms with van der Waals surface area (Å²) in [5, 5.41) is 12.6. The molecule has 0 bridgehead atoms. The fourth-order valence-electron chi connectivity index (χ4n) is 5.10. The number of fused-ring (bicyclic) bond motifs is 1. The maximum absolute atomic E-state index is 13.6. The molecule has 43 heavy (non-hydrogen) atoms. The minimum Gasteiger partial charge on any atom is -0.494 e. The Morgan fingerprint density at radius 1 is 0.977 bits per heavy atom. The second-order valence-corrected chi connectivity index (χ2v) is 9.69. The van der Waals surface area contributed by atoms with E-state index >= 15 is 0 Å². The average Bonchev–Trinajstić information content (AvgIpc) is 3.86. The number of nitrogens with zero attached hydrogens (tertiary/aromatic N) is 11. The molecule has 214 valence electrons. The minimum atomic E-state index is -0.647. The maximum atomic E-state index is 13.6. The topological polar surface area (TPSA) is 166 Å². The number of pyridine rings is 1. The number of imidazole rings is 1. The van der Waals surface area contributed by atoms with Gasteiger partial charge in [0, 0.05) is 44.8 Å². The van der Waals surface area contributed by atoms with Crippen LogP contribution in [0.3, 0.4) is 0 Å². The fourth-order valence-corrected chi connectivity index (χ4v) is 5.10. The molecule has 0 spiro atoms. The molecule has 5 aromatic heterocycles. The summed E-state index contributed by atoms with van der Waals surface area (Å²) in [4.78, 5) is 51.2. The molecule has 1 aliphatic rings. The molecule has 0 atom stereocenters. The molecule has 1 aliphatic heterocycles. The number of carbonyl (C=O) groups is 2. The Morgan fingerprint density at radius 3 is 2.53 bits per heavy atom. The number of hydrogen-bond donors (Lipinski definition) is 1. The minimum absolute atomic E-state index is 0.193. The van der Waals surface area contributed by atoms with Gasteiger partial charge in [-0.15, -0.1) is 0 Å². The van der Waals surface area contributed by atoms with Gasteiger partial charge in [-0.3, -0.25) is 14.2 Å². The number of methoxy groups -OCH3 is 1. The van der Waals surface area contributed by atoms with Crippen LogP contribution in [0, 0.1) is 0 Å². The maximum Gasteiger partial charge on any atom is 0.295 e. The molecule has 1 fully saturated rings. The molecule has 15 heteroatoms. The highest BCUT2D eigenvalue weighted by molar-refractivity contribution is 6.45. The van der Waals surface area contributed by atoms with Crippen LogP contribution in [0.5, 0.6) is 5.75 Å². The first-order valence-corrected chi connectivity index (χ1v) is 13.4. The Balaban J connectivity index is 1.11. The quantitative estimate of drug-likeness (QED) is 0.217. The van der Waals surface area contributed by atoms with E-state index in [9.17, 15) is 9.59 Å². The van der Waals surface area contributed by atoms with Crippen molar-refractivity contribution in [2.24, 2.45) is 0 Å². The van der Waals surface area contributed by atoms with Gasteiger partial charge < -0.3 is 19.5 Å². The summed E-state index contributed by atoms with van der Waals surface area (Å²) in [5.74, 6) is 0.276. The molecule has 0 saturated carbocycles. The molecule has 1 N–H and O–H groups in total. The monoisotopic (exact) mass is 576 g/mol. The molecule has 6 aromatic rings. The number of para-hydroxylation sites is 1. The van der Waals surface area contributed by atoms with E-state index in [4.69, 9.17) is 4.74 Å². The lowest BCUT2D eigenvalue weighted by Crippen LogP contribution is -2.51. The second kappa shape index (κ2) is 10.8. The summed E-state index contributed by atoms with van der Waals surface area (Å²) < 4.78 is 8.92. The Labute approximate surface area is 243 Å². The van der Waals surface area contributed by atoms with E-state index in [-0.39, 0.29) is 5.56 Å². The van der Waals surface area contributed by atoms with E-state index in [1.165, 1.54) is 19.5 Å². The van der Waals surface area contributed by atoms with Crippen molar-refractivity contribution < 1.29 is 14.3 Å². The number of amides is 1. The van der Waals surface area contributed by atoms with Crippen LogP contribution in [0.4, 0.5) is 5.95 Å². The van der Waals surface area contributed by atoms with Crippen molar-refractivity contribution in [3.63, 3.8) is 0 Å². The number of piperazine rings is 1. The highest BCUT2D eigenvalue weighted by Gasteiger charge is 2.31. The molecule has 0 unspecified atom stereocenters. The van der Waals surface area contributed by atoms with Crippen LogP contribution in [-0.2, 0) is 4.79 Å². The number of rotatable bonds is 7. The summed E-state index contributed by atoms with van der Waals surface area (Å²) in [6.07, 6.45) is 11.3. The van der Waals surface area contributed by atoms with Crippen LogP contribution in [0.2, 0.25) is 0 Å². The average molecular weight is 577 g/mol. The number of aromatic nitrogens is 10. The summed E-state index contributed by atoms with van der Waals surface area (Å²) in [6.45, 7) is 1.59. The third-order valence-electron chi connectivity index (χ3n) is 7.29. The number of ether oxygens (including phenoxy) is 1. The van der Waals surface area contributed by atoms with Gasteiger partial charge in [0.2, 0.25) is 5.95 Å². The van der Waals surface area contributed by atoms with Crippen LogP contribution in [-0.4, -0.2) is 99.6 Å². The smallest absolute Gasteiger partial charge is 0.295 e. The fraction of sp³-hybridized carbons (Fsp3) is 0.179. The number of nitrogens with one attached hydrogen (secondary N) is 1. The SMILES string of the molecule is COc1cnc(-c2cnc(-n3ccnc3)cn2)c2[nH]cc(C(=O)C(=O)N3CCN(c4nnnn4-c4ccccc4)CC3)c12. The third-order valence-corrected chi connectivity index (χ3v) is 7.29. The number of H-pyrrole nitrogens is 1. The van der Waals surface area contributed by atoms with Gasteiger partial charge in [-0.1, -0.05) is 23.3 Å². The van der Waals surface area contributed by atoms with Gasteiger partial charge in [-0.25, -0.2) is 19.9 Å². The first-order chi connectivity index (χ1) is 21.1. The number of Topliss-reactive ketones (excluding diaryl/α,β-unsaturated/α-hetero) is 1. The lowest BCUT2D eigenvalue weighted by atomic mass is 10.1. The van der Waals surface area contributed by atoms with Crippen molar-refractivity contribution >= 4 is 28.5 Å². The normalized spacial score (nSPS) is 13.4. The predicted octanol–water partition coefficient (Wildman–Crippen LogP) is 1.72. The number of tetrazole rings is 1. The van der Waals surface area contributed by atoms with Crippen LogP contribution < -0.4 is 9.64 Å². The van der Waals surface area contributed by atoms with Crippen molar-refractivity contribution in [2.75, 3.05) is 38.2 Å². The van der Waals surface area contributed by atoms with Gasteiger partial charge in [-0.2, -0.15) is 4.68 Å². The van der Waals surface area contributed by atoms with Crippen molar-refractivity contribution in [1.82, 2.24) is 54.6 Å². The predicted molar refractivity (Wildman–Crippen MR) is 153 cm³/mol. The van der Waals surface area contributed by atoms with Gasteiger partial charge in [-0.05, 0) is 22.6 Å². The molecule has 1 saturated heterocycles. The number of benzene rings is 1. The lowest BCUT2D eigenvalue weighted by Gasteiger charge is -2.34. The number of aromatic amines is 1.